The summed E-state index contributed by atoms with van der Waals surface area (Å²) >= 11 is 3.29. The van der Waals surface area contributed by atoms with E-state index in [2.05, 4.69) is 43.8 Å². The first-order valence-electron chi connectivity index (χ1n) is 12.3. The van der Waals surface area contributed by atoms with Gasteiger partial charge in [-0.05, 0) is 56.2 Å². The Morgan fingerprint density at radius 1 is 1.24 bits per heavy atom. The second kappa shape index (κ2) is 9.75. The molecule has 1 aliphatic carbocycles. The molecule has 0 N–H and O–H groups in total. The molecule has 1 aromatic rings. The van der Waals surface area contributed by atoms with E-state index in [0.717, 1.165) is 18.4 Å². The molecule has 1 saturated carbocycles. The van der Waals surface area contributed by atoms with Gasteiger partial charge >= 0.3 is 11.9 Å². The first-order chi connectivity index (χ1) is 16.1. The number of halogens is 1. The average Bonchev–Trinajstić information content (AvgIpc) is 3.28. The summed E-state index contributed by atoms with van der Waals surface area (Å²) in [4.78, 5) is 25.6. The van der Waals surface area contributed by atoms with Crippen molar-refractivity contribution < 1.29 is 23.8 Å². The van der Waals surface area contributed by atoms with Gasteiger partial charge in [0, 0.05) is 34.6 Å². The summed E-state index contributed by atoms with van der Waals surface area (Å²) in [5, 5.41) is 0. The van der Waals surface area contributed by atoms with Gasteiger partial charge in [-0.2, -0.15) is 0 Å². The zero-order valence-electron chi connectivity index (χ0n) is 20.7. The molecular formula is C27H36BrNO5. The Bertz CT molecular complexity index is 934. The molecule has 0 radical (unpaired) electrons. The normalized spacial score (nSPS) is 36.8. The van der Waals surface area contributed by atoms with Gasteiger partial charge in [0.15, 0.2) is 0 Å². The number of ether oxygens (including phenoxy) is 3. The maximum Gasteiger partial charge on any atom is 0.331 e. The summed E-state index contributed by atoms with van der Waals surface area (Å²) < 4.78 is 20.8. The molecule has 2 bridgehead atoms. The van der Waals surface area contributed by atoms with Gasteiger partial charge in [-0.1, -0.05) is 51.1 Å². The van der Waals surface area contributed by atoms with Gasteiger partial charge < -0.3 is 14.2 Å². The van der Waals surface area contributed by atoms with Crippen molar-refractivity contribution in [3.8, 4) is 0 Å². The van der Waals surface area contributed by atoms with Gasteiger partial charge in [-0.3, -0.25) is 4.79 Å². The number of fused-ring (bicyclic) bond motifs is 4. The summed E-state index contributed by atoms with van der Waals surface area (Å²) in [6, 6.07) is 9.71. The summed E-state index contributed by atoms with van der Waals surface area (Å²) in [6.45, 7) is 8.70. The monoisotopic (exact) mass is 533 g/mol. The minimum Gasteiger partial charge on any atom is -0.458 e. The molecule has 2 saturated heterocycles. The second-order valence-corrected chi connectivity index (χ2v) is 11.9. The van der Waals surface area contributed by atoms with Gasteiger partial charge in [0.1, 0.15) is 30.0 Å². The number of rotatable bonds is 7. The summed E-state index contributed by atoms with van der Waals surface area (Å²) in [7, 11) is 1.77. The Morgan fingerprint density at radius 3 is 2.59 bits per heavy atom. The molecule has 2 aliphatic heterocycles. The number of hydrogen-bond donors (Lipinski definition) is 0. The molecular weight excluding hydrogens is 498 g/mol. The van der Waals surface area contributed by atoms with Crippen LogP contribution in [-0.2, 0) is 23.8 Å². The standard InChI is InChI=1S/C27H36BrNO5/c1-17(2)27-15-21(32-23(31)16-29(5)28)26(4,34-27)20-13-11-18(3)24(20)25(27)33-22(30)14-12-19-9-7-6-8-10-19/h6-10,12,14,17-18,20-21,24-25H,11,13,15-16H2,1-5H3. The molecule has 7 heteroatoms. The highest BCUT2D eigenvalue weighted by Crippen LogP contribution is 2.63. The van der Waals surface area contributed by atoms with Crippen LogP contribution in [0.25, 0.3) is 6.08 Å². The van der Waals surface area contributed by atoms with E-state index in [1.54, 1.807) is 17.0 Å². The number of likely N-dealkylation sites (N-methyl/N-ethyl adjacent to an activating group) is 1. The van der Waals surface area contributed by atoms with Crippen LogP contribution in [0.5, 0.6) is 0 Å². The Morgan fingerprint density at radius 2 is 1.94 bits per heavy atom. The molecule has 34 heavy (non-hydrogen) atoms. The number of carbonyl (C=O) groups excluding carboxylic acids is 2. The summed E-state index contributed by atoms with van der Waals surface area (Å²) in [5.41, 5.74) is -0.346. The predicted octanol–water partition coefficient (Wildman–Crippen LogP) is 5.01. The van der Waals surface area contributed by atoms with Crippen LogP contribution in [0.3, 0.4) is 0 Å². The lowest BCUT2D eigenvalue weighted by Gasteiger charge is -2.52. The van der Waals surface area contributed by atoms with Crippen LogP contribution in [0.4, 0.5) is 0 Å². The lowest BCUT2D eigenvalue weighted by molar-refractivity contribution is -0.264. The van der Waals surface area contributed by atoms with Gasteiger partial charge in [-0.25, -0.2) is 8.72 Å². The average molecular weight is 534 g/mol. The fraction of sp³-hybridized carbons (Fsp3) is 0.630. The molecule has 2 heterocycles. The minimum atomic E-state index is -0.698. The van der Waals surface area contributed by atoms with Crippen LogP contribution >= 0.6 is 16.1 Å². The first-order valence-corrected chi connectivity index (χ1v) is 13.0. The van der Waals surface area contributed by atoms with Crippen molar-refractivity contribution in [3.63, 3.8) is 0 Å². The van der Waals surface area contributed by atoms with E-state index in [4.69, 9.17) is 14.2 Å². The maximum absolute atomic E-state index is 13.0. The topological polar surface area (TPSA) is 65.1 Å². The fourth-order valence-electron chi connectivity index (χ4n) is 6.51. The van der Waals surface area contributed by atoms with Gasteiger partial charge in [0.25, 0.3) is 0 Å². The van der Waals surface area contributed by atoms with Gasteiger partial charge in [-0.15, -0.1) is 0 Å². The molecule has 3 aliphatic rings. The Balaban J connectivity index is 1.63. The highest BCUT2D eigenvalue weighted by Gasteiger charge is 2.72. The van der Waals surface area contributed by atoms with E-state index in [-0.39, 0.29) is 42.3 Å². The second-order valence-electron chi connectivity index (χ2n) is 10.7. The van der Waals surface area contributed by atoms with Crippen molar-refractivity contribution in [1.82, 2.24) is 3.93 Å². The van der Waals surface area contributed by atoms with Crippen molar-refractivity contribution in [2.75, 3.05) is 13.6 Å². The Kier molecular flexibility index (Phi) is 7.28. The van der Waals surface area contributed by atoms with Crippen LogP contribution in [0.1, 0.15) is 52.5 Å². The van der Waals surface area contributed by atoms with Crippen LogP contribution in [0.2, 0.25) is 0 Å². The van der Waals surface area contributed by atoms with Crippen molar-refractivity contribution in [1.29, 1.82) is 0 Å². The molecule has 6 nitrogen and oxygen atoms in total. The molecule has 186 valence electrons. The van der Waals surface area contributed by atoms with Crippen LogP contribution < -0.4 is 0 Å². The molecule has 4 rings (SSSR count). The van der Waals surface area contributed by atoms with Gasteiger partial charge in [0.2, 0.25) is 0 Å². The van der Waals surface area contributed by atoms with E-state index in [9.17, 15) is 9.59 Å². The maximum atomic E-state index is 13.0. The number of benzene rings is 1. The van der Waals surface area contributed by atoms with E-state index < -0.39 is 17.3 Å². The molecule has 0 aromatic heterocycles. The highest BCUT2D eigenvalue weighted by molar-refractivity contribution is 9.07. The zero-order valence-corrected chi connectivity index (χ0v) is 22.3. The highest BCUT2D eigenvalue weighted by atomic mass is 79.9. The third-order valence-corrected chi connectivity index (χ3v) is 8.48. The fourth-order valence-corrected chi connectivity index (χ4v) is 6.72. The Hall–Kier alpha value is -1.70. The number of nitrogens with zero attached hydrogens (tertiary/aromatic N) is 1. The van der Waals surface area contributed by atoms with Crippen LogP contribution in [-0.4, -0.2) is 52.9 Å². The largest absolute Gasteiger partial charge is 0.458 e. The predicted molar refractivity (Wildman–Crippen MR) is 134 cm³/mol. The molecule has 3 fully saturated rings. The summed E-state index contributed by atoms with van der Waals surface area (Å²) in [5.74, 6) is 0.150. The SMILES string of the molecule is CC1CCC2C1C(OC(=O)C=Cc1ccccc1)C1(C(C)C)CC(OC(=O)CN(C)Br)C2(C)O1. The first kappa shape index (κ1) is 25.4. The number of hydrogen-bond acceptors (Lipinski definition) is 6. The minimum absolute atomic E-state index is 0.0824. The van der Waals surface area contributed by atoms with E-state index in [1.165, 1.54) is 6.08 Å². The zero-order chi connectivity index (χ0) is 24.7. The van der Waals surface area contributed by atoms with Crippen molar-refractivity contribution >= 4 is 34.2 Å². The smallest absolute Gasteiger partial charge is 0.331 e. The third kappa shape index (κ3) is 4.59. The van der Waals surface area contributed by atoms with Crippen LogP contribution in [0, 0.1) is 23.7 Å². The Labute approximate surface area is 211 Å². The molecule has 0 amide bonds. The molecule has 1 aromatic carbocycles. The molecule has 7 atom stereocenters. The quantitative estimate of drug-likeness (QED) is 0.278. The van der Waals surface area contributed by atoms with E-state index >= 15 is 0 Å². The third-order valence-electron chi connectivity index (χ3n) is 8.23. The van der Waals surface area contributed by atoms with Crippen molar-refractivity contribution in [2.45, 2.75) is 70.4 Å². The van der Waals surface area contributed by atoms with Crippen molar-refractivity contribution in [2.24, 2.45) is 23.7 Å². The lowest BCUT2D eigenvalue weighted by atomic mass is 9.69. The number of carbonyl (C=O) groups is 2. The van der Waals surface area contributed by atoms with E-state index in [0.29, 0.717) is 12.3 Å². The summed E-state index contributed by atoms with van der Waals surface area (Å²) in [6.07, 6.45) is 5.06. The van der Waals surface area contributed by atoms with E-state index in [1.807, 2.05) is 30.3 Å². The molecule has 0 spiro atoms. The van der Waals surface area contributed by atoms with Gasteiger partial charge in [0.05, 0.1) is 0 Å². The number of esters is 2. The van der Waals surface area contributed by atoms with Crippen molar-refractivity contribution in [3.05, 3.63) is 42.0 Å². The van der Waals surface area contributed by atoms with Crippen LogP contribution in [0.15, 0.2) is 36.4 Å². The molecule has 7 unspecified atom stereocenters. The lowest BCUT2D eigenvalue weighted by Crippen LogP contribution is -2.62.